The first-order valence-electron chi connectivity index (χ1n) is 6.54. The molecule has 0 amide bonds. The third kappa shape index (κ3) is 2.58. The van der Waals surface area contributed by atoms with Crippen LogP contribution in [0.4, 0.5) is 5.69 Å². The predicted octanol–water partition coefficient (Wildman–Crippen LogP) is 3.92. The summed E-state index contributed by atoms with van der Waals surface area (Å²) in [6.45, 7) is 2.81. The lowest BCUT2D eigenvalue weighted by molar-refractivity contribution is 0.483. The Hall–Kier alpha value is -2.13. The number of hydrogen-bond acceptors (Lipinski definition) is 3. The number of anilines is 1. The summed E-state index contributed by atoms with van der Waals surface area (Å²) in [5, 5.41) is 6.18. The van der Waals surface area contributed by atoms with Gasteiger partial charge < -0.3 is 5.32 Å². The molecule has 0 bridgehead atoms. The smallest absolute Gasteiger partial charge is 0.108 e. The van der Waals surface area contributed by atoms with Crippen LogP contribution in [0.25, 0.3) is 5.70 Å². The van der Waals surface area contributed by atoms with Gasteiger partial charge in [-0.2, -0.15) is 0 Å². The molecule has 0 atom stereocenters. The molecule has 0 aliphatic carbocycles. The van der Waals surface area contributed by atoms with Crippen LogP contribution in [0.3, 0.4) is 0 Å². The van der Waals surface area contributed by atoms with Gasteiger partial charge in [0.05, 0.1) is 11.4 Å². The van der Waals surface area contributed by atoms with Crippen LogP contribution < -0.4 is 10.7 Å². The van der Waals surface area contributed by atoms with Gasteiger partial charge in [-0.15, -0.1) is 0 Å². The Balaban J connectivity index is 1.87. The number of allylic oxidation sites excluding steroid dienone is 1. The molecule has 102 valence electrons. The van der Waals surface area contributed by atoms with Crippen LogP contribution in [-0.4, -0.2) is 11.7 Å². The second-order valence-electron chi connectivity index (χ2n) is 4.72. The molecule has 0 radical (unpaired) electrons. The zero-order valence-corrected chi connectivity index (χ0v) is 12.0. The van der Waals surface area contributed by atoms with Gasteiger partial charge in [0.25, 0.3) is 0 Å². The van der Waals surface area contributed by atoms with E-state index in [9.17, 15) is 0 Å². The summed E-state index contributed by atoms with van der Waals surface area (Å²) in [5.74, 6) is 0. The standard InChI is InChI=1S/C16H16ClN3/c1-12-16(13-6-3-2-4-7-13)20(11-18-12)19-15-9-5-8-14(17)10-15/h2-10,18-19H,11H2,1H3. The molecule has 3 rings (SSSR count). The van der Waals surface area contributed by atoms with E-state index in [1.807, 2.05) is 42.5 Å². The number of hydrogen-bond donors (Lipinski definition) is 2. The van der Waals surface area contributed by atoms with Crippen LogP contribution in [0.2, 0.25) is 5.02 Å². The van der Waals surface area contributed by atoms with Crippen molar-refractivity contribution in [2.45, 2.75) is 6.92 Å². The average Bonchev–Trinajstić information content (AvgIpc) is 2.81. The maximum Gasteiger partial charge on any atom is 0.108 e. The van der Waals surface area contributed by atoms with Crippen LogP contribution in [0.15, 0.2) is 60.3 Å². The summed E-state index contributed by atoms with van der Waals surface area (Å²) >= 11 is 6.03. The molecule has 4 heteroatoms. The van der Waals surface area contributed by atoms with E-state index in [-0.39, 0.29) is 0 Å². The van der Waals surface area contributed by atoms with E-state index in [0.29, 0.717) is 0 Å². The minimum Gasteiger partial charge on any atom is -0.368 e. The lowest BCUT2D eigenvalue weighted by atomic mass is 10.1. The topological polar surface area (TPSA) is 27.3 Å². The van der Waals surface area contributed by atoms with Gasteiger partial charge in [-0.05, 0) is 25.1 Å². The quantitative estimate of drug-likeness (QED) is 0.895. The Morgan fingerprint density at radius 2 is 1.90 bits per heavy atom. The van der Waals surface area contributed by atoms with Gasteiger partial charge in [0.1, 0.15) is 6.67 Å². The second-order valence-corrected chi connectivity index (χ2v) is 5.16. The van der Waals surface area contributed by atoms with Crippen LogP contribution in [0.5, 0.6) is 0 Å². The van der Waals surface area contributed by atoms with Gasteiger partial charge in [0.2, 0.25) is 0 Å². The summed E-state index contributed by atoms with van der Waals surface area (Å²) in [5.41, 5.74) is 7.86. The van der Waals surface area contributed by atoms with Crippen molar-refractivity contribution in [2.75, 3.05) is 12.1 Å². The van der Waals surface area contributed by atoms with Crippen molar-refractivity contribution in [2.24, 2.45) is 0 Å². The zero-order valence-electron chi connectivity index (χ0n) is 11.2. The molecule has 0 saturated carbocycles. The fourth-order valence-corrected chi connectivity index (χ4v) is 2.53. The Morgan fingerprint density at radius 3 is 2.65 bits per heavy atom. The highest BCUT2D eigenvalue weighted by molar-refractivity contribution is 6.30. The highest BCUT2D eigenvalue weighted by Gasteiger charge is 2.20. The normalized spacial score (nSPS) is 14.4. The highest BCUT2D eigenvalue weighted by Crippen LogP contribution is 2.27. The van der Waals surface area contributed by atoms with E-state index in [4.69, 9.17) is 11.6 Å². The summed E-state index contributed by atoms with van der Waals surface area (Å²) in [7, 11) is 0. The zero-order chi connectivity index (χ0) is 13.9. The van der Waals surface area contributed by atoms with Gasteiger partial charge in [-0.1, -0.05) is 48.0 Å². The van der Waals surface area contributed by atoms with Gasteiger partial charge in [0, 0.05) is 16.3 Å². The van der Waals surface area contributed by atoms with Gasteiger partial charge >= 0.3 is 0 Å². The van der Waals surface area contributed by atoms with Crippen molar-refractivity contribution in [1.29, 1.82) is 0 Å². The first-order chi connectivity index (χ1) is 9.74. The molecule has 1 heterocycles. The van der Waals surface area contributed by atoms with E-state index in [0.717, 1.165) is 28.8 Å². The summed E-state index contributed by atoms with van der Waals surface area (Å²) in [6, 6.07) is 18.1. The summed E-state index contributed by atoms with van der Waals surface area (Å²) in [4.78, 5) is 0. The molecule has 0 spiro atoms. The van der Waals surface area contributed by atoms with Crippen molar-refractivity contribution < 1.29 is 0 Å². The summed E-state index contributed by atoms with van der Waals surface area (Å²) in [6.07, 6.45) is 0. The number of nitrogens with one attached hydrogen (secondary N) is 2. The highest BCUT2D eigenvalue weighted by atomic mass is 35.5. The Morgan fingerprint density at radius 1 is 1.10 bits per heavy atom. The number of nitrogens with zero attached hydrogens (tertiary/aromatic N) is 1. The van der Waals surface area contributed by atoms with E-state index in [2.05, 4.69) is 34.8 Å². The van der Waals surface area contributed by atoms with E-state index < -0.39 is 0 Å². The number of benzene rings is 2. The molecular weight excluding hydrogens is 270 g/mol. The third-order valence-electron chi connectivity index (χ3n) is 3.26. The van der Waals surface area contributed by atoms with E-state index >= 15 is 0 Å². The van der Waals surface area contributed by atoms with Gasteiger partial charge in [-0.25, -0.2) is 0 Å². The van der Waals surface area contributed by atoms with Crippen LogP contribution in [-0.2, 0) is 0 Å². The number of halogens is 1. The molecule has 20 heavy (non-hydrogen) atoms. The molecule has 0 unspecified atom stereocenters. The fourth-order valence-electron chi connectivity index (χ4n) is 2.34. The fraction of sp³-hybridized carbons (Fsp3) is 0.125. The molecule has 1 aliphatic rings. The van der Waals surface area contributed by atoms with Crippen molar-refractivity contribution in [3.63, 3.8) is 0 Å². The largest absolute Gasteiger partial charge is 0.368 e. The van der Waals surface area contributed by atoms with Crippen molar-refractivity contribution in [3.05, 3.63) is 70.9 Å². The van der Waals surface area contributed by atoms with E-state index in [1.165, 1.54) is 5.56 Å². The van der Waals surface area contributed by atoms with Crippen molar-refractivity contribution in [3.8, 4) is 0 Å². The van der Waals surface area contributed by atoms with E-state index in [1.54, 1.807) is 0 Å². The molecule has 0 aromatic heterocycles. The molecule has 1 aliphatic heterocycles. The molecule has 0 saturated heterocycles. The SMILES string of the molecule is CC1=C(c2ccccc2)N(Nc2cccc(Cl)c2)CN1. The Bertz CT molecular complexity index is 637. The molecule has 3 nitrogen and oxygen atoms in total. The first-order valence-corrected chi connectivity index (χ1v) is 6.92. The Kier molecular flexibility index (Phi) is 3.52. The molecule has 2 aromatic carbocycles. The Labute approximate surface area is 123 Å². The van der Waals surface area contributed by atoms with Gasteiger partial charge in [0.15, 0.2) is 0 Å². The van der Waals surface area contributed by atoms with Crippen LogP contribution in [0, 0.1) is 0 Å². The van der Waals surface area contributed by atoms with Gasteiger partial charge in [-0.3, -0.25) is 10.4 Å². The van der Waals surface area contributed by atoms with Crippen molar-refractivity contribution >= 4 is 23.0 Å². The number of hydrazine groups is 1. The minimum atomic E-state index is 0.725. The molecule has 0 fully saturated rings. The minimum absolute atomic E-state index is 0.725. The summed E-state index contributed by atoms with van der Waals surface area (Å²) < 4.78 is 0. The molecule has 2 aromatic rings. The molecule has 2 N–H and O–H groups in total. The average molecular weight is 286 g/mol. The number of rotatable bonds is 3. The first kappa shape index (κ1) is 12.9. The van der Waals surface area contributed by atoms with Crippen LogP contribution >= 0.6 is 11.6 Å². The lowest BCUT2D eigenvalue weighted by Gasteiger charge is -2.23. The van der Waals surface area contributed by atoms with Crippen molar-refractivity contribution in [1.82, 2.24) is 10.3 Å². The second kappa shape index (κ2) is 5.47. The third-order valence-corrected chi connectivity index (χ3v) is 3.50. The monoisotopic (exact) mass is 285 g/mol. The maximum atomic E-state index is 6.03. The molecular formula is C16H16ClN3. The maximum absolute atomic E-state index is 6.03. The van der Waals surface area contributed by atoms with Crippen LogP contribution in [0.1, 0.15) is 12.5 Å². The lowest BCUT2D eigenvalue weighted by Crippen LogP contribution is -2.29. The predicted molar refractivity (Wildman–Crippen MR) is 84.0 cm³/mol.